The molecule has 0 N–H and O–H groups in total. The molecule has 0 radical (unpaired) electrons. The second kappa shape index (κ2) is 5.18. The van der Waals surface area contributed by atoms with Crippen molar-refractivity contribution in [1.29, 1.82) is 0 Å². The predicted octanol–water partition coefficient (Wildman–Crippen LogP) is 4.92. The van der Waals surface area contributed by atoms with E-state index in [1.165, 1.54) is 6.07 Å². The smallest absolute Gasteiger partial charge is 0.294 e. The first-order valence-corrected chi connectivity index (χ1v) is 7.41. The van der Waals surface area contributed by atoms with Crippen LogP contribution in [0.5, 0.6) is 0 Å². The molecule has 1 aromatic carbocycles. The summed E-state index contributed by atoms with van der Waals surface area (Å²) in [5.74, 6) is 0.0434. The normalized spacial score (nSPS) is 17.0. The lowest BCUT2D eigenvalue weighted by Gasteiger charge is -2.29. The number of halogens is 3. The minimum Gasteiger partial charge on any atom is -0.294 e. The molecule has 0 fully saturated rings. The Balaban J connectivity index is 2.02. The summed E-state index contributed by atoms with van der Waals surface area (Å²) in [6.45, 7) is 3.80. The molecule has 3 rings (SSSR count). The van der Waals surface area contributed by atoms with Crippen molar-refractivity contribution < 1.29 is 18.0 Å². The monoisotopic (exact) mass is 319 g/mol. The molecule has 0 saturated heterocycles. The van der Waals surface area contributed by atoms with E-state index in [1.807, 2.05) is 13.8 Å². The van der Waals surface area contributed by atoms with Crippen LogP contribution in [0.15, 0.2) is 36.4 Å². The summed E-state index contributed by atoms with van der Waals surface area (Å²) in [6, 6.07) is 8.39. The number of rotatable bonds is 1. The minimum atomic E-state index is -4.38. The van der Waals surface area contributed by atoms with Crippen molar-refractivity contribution in [3.63, 3.8) is 0 Å². The Hall–Kier alpha value is -2.17. The van der Waals surface area contributed by atoms with Gasteiger partial charge in [-0.1, -0.05) is 26.0 Å². The number of Topliss-reactive ketones (excluding diaryl/α,β-unsaturated/α-hetero) is 1. The average molecular weight is 319 g/mol. The van der Waals surface area contributed by atoms with Crippen molar-refractivity contribution in [2.45, 2.75) is 32.9 Å². The Bertz CT molecular complexity index is 778. The summed E-state index contributed by atoms with van der Waals surface area (Å²) in [4.78, 5) is 16.8. The van der Waals surface area contributed by atoms with Crippen LogP contribution < -0.4 is 0 Å². The van der Waals surface area contributed by atoms with Gasteiger partial charge in [-0.05, 0) is 37.1 Å². The number of ketones is 1. The zero-order valence-corrected chi connectivity index (χ0v) is 12.9. The van der Waals surface area contributed by atoms with Gasteiger partial charge < -0.3 is 0 Å². The molecule has 0 spiro atoms. The fourth-order valence-corrected chi connectivity index (χ4v) is 2.82. The molecule has 1 heterocycles. The lowest BCUT2D eigenvalue weighted by atomic mass is 9.75. The Kier molecular flexibility index (Phi) is 3.54. The first-order chi connectivity index (χ1) is 10.7. The molecule has 0 saturated carbocycles. The first-order valence-electron chi connectivity index (χ1n) is 7.41. The standard InChI is InChI=1S/C18H16F3NO/c1-17(2)9-8-15-13(16(17)23)6-7-14(22-15)11-4-3-5-12(10-11)18(19,20)21/h3-7,10H,8-9H2,1-2H3. The molecule has 120 valence electrons. The quantitative estimate of drug-likeness (QED) is 0.746. The van der Waals surface area contributed by atoms with Gasteiger partial charge in [0.25, 0.3) is 0 Å². The highest BCUT2D eigenvalue weighted by Gasteiger charge is 2.35. The van der Waals surface area contributed by atoms with Gasteiger partial charge in [0.1, 0.15) is 0 Å². The van der Waals surface area contributed by atoms with Gasteiger partial charge in [-0.15, -0.1) is 0 Å². The third-order valence-electron chi connectivity index (χ3n) is 4.31. The molecule has 0 amide bonds. The second-order valence-electron chi connectivity index (χ2n) is 6.48. The fraction of sp³-hybridized carbons (Fsp3) is 0.333. The van der Waals surface area contributed by atoms with E-state index >= 15 is 0 Å². The number of aryl methyl sites for hydroxylation is 1. The van der Waals surface area contributed by atoms with Crippen LogP contribution in [0.3, 0.4) is 0 Å². The van der Waals surface area contributed by atoms with E-state index in [-0.39, 0.29) is 5.78 Å². The molecule has 0 atom stereocenters. The van der Waals surface area contributed by atoms with Crippen LogP contribution >= 0.6 is 0 Å². The molecule has 2 aromatic rings. The number of carbonyl (C=O) groups excluding carboxylic acids is 1. The number of carbonyl (C=O) groups is 1. The van der Waals surface area contributed by atoms with E-state index in [2.05, 4.69) is 4.98 Å². The molecule has 23 heavy (non-hydrogen) atoms. The van der Waals surface area contributed by atoms with Crippen molar-refractivity contribution in [3.05, 3.63) is 53.2 Å². The van der Waals surface area contributed by atoms with Gasteiger partial charge in [0.2, 0.25) is 0 Å². The maximum atomic E-state index is 12.8. The highest BCUT2D eigenvalue weighted by atomic mass is 19.4. The number of fused-ring (bicyclic) bond motifs is 1. The van der Waals surface area contributed by atoms with Crippen LogP contribution in [0.25, 0.3) is 11.3 Å². The molecule has 0 aliphatic heterocycles. The van der Waals surface area contributed by atoms with Gasteiger partial charge in [-0.25, -0.2) is 0 Å². The van der Waals surface area contributed by atoms with Crippen molar-refractivity contribution >= 4 is 5.78 Å². The summed E-state index contributed by atoms with van der Waals surface area (Å²) < 4.78 is 38.5. The Morgan fingerprint density at radius 1 is 1.13 bits per heavy atom. The number of hydrogen-bond donors (Lipinski definition) is 0. The molecule has 2 nitrogen and oxygen atoms in total. The van der Waals surface area contributed by atoms with Gasteiger partial charge in [0, 0.05) is 16.5 Å². The molecular formula is C18H16F3NO. The van der Waals surface area contributed by atoms with Gasteiger partial charge in [0.05, 0.1) is 17.0 Å². The van der Waals surface area contributed by atoms with Gasteiger partial charge in [-0.2, -0.15) is 13.2 Å². The zero-order valence-electron chi connectivity index (χ0n) is 12.9. The maximum Gasteiger partial charge on any atom is 0.416 e. The summed E-state index contributed by atoms with van der Waals surface area (Å²) >= 11 is 0. The Morgan fingerprint density at radius 3 is 2.57 bits per heavy atom. The Labute approximate surface area is 132 Å². The molecule has 1 aliphatic rings. The number of aromatic nitrogens is 1. The minimum absolute atomic E-state index is 0.0434. The molecule has 0 unspecified atom stereocenters. The number of hydrogen-bond acceptors (Lipinski definition) is 2. The van der Waals surface area contributed by atoms with Crippen molar-refractivity contribution in [3.8, 4) is 11.3 Å². The van der Waals surface area contributed by atoms with Crippen molar-refractivity contribution in [2.75, 3.05) is 0 Å². The van der Waals surface area contributed by atoms with Crippen LogP contribution in [0.1, 0.15) is 41.9 Å². The predicted molar refractivity (Wildman–Crippen MR) is 81.1 cm³/mol. The summed E-state index contributed by atoms with van der Waals surface area (Å²) in [5.41, 5.74) is 1.00. The SMILES string of the molecule is CC1(C)CCc2nc(-c3cccc(C(F)(F)F)c3)ccc2C1=O. The summed E-state index contributed by atoms with van der Waals surface area (Å²) in [7, 11) is 0. The molecule has 1 aliphatic carbocycles. The first kappa shape index (κ1) is 15.7. The lowest BCUT2D eigenvalue weighted by molar-refractivity contribution is -0.137. The van der Waals surface area contributed by atoms with Gasteiger partial charge in [-0.3, -0.25) is 9.78 Å². The molecule has 0 bridgehead atoms. The van der Waals surface area contributed by atoms with E-state index in [0.717, 1.165) is 12.1 Å². The number of pyridine rings is 1. The van der Waals surface area contributed by atoms with E-state index in [9.17, 15) is 18.0 Å². The van der Waals surface area contributed by atoms with Gasteiger partial charge >= 0.3 is 6.18 Å². The molecule has 1 aromatic heterocycles. The largest absolute Gasteiger partial charge is 0.416 e. The third kappa shape index (κ3) is 2.87. The average Bonchev–Trinajstić information content (AvgIpc) is 2.50. The van der Waals surface area contributed by atoms with Gasteiger partial charge in [0.15, 0.2) is 5.78 Å². The fourth-order valence-electron chi connectivity index (χ4n) is 2.82. The Morgan fingerprint density at radius 2 is 1.87 bits per heavy atom. The summed E-state index contributed by atoms with van der Waals surface area (Å²) in [6.07, 6.45) is -3.04. The second-order valence-corrected chi connectivity index (χ2v) is 6.48. The highest BCUT2D eigenvalue weighted by Crippen LogP contribution is 2.36. The number of nitrogens with zero attached hydrogens (tertiary/aromatic N) is 1. The van der Waals surface area contributed by atoms with Crippen LogP contribution in [0.2, 0.25) is 0 Å². The maximum absolute atomic E-state index is 12.8. The summed E-state index contributed by atoms with van der Waals surface area (Å²) in [5, 5.41) is 0. The molecular weight excluding hydrogens is 303 g/mol. The van der Waals surface area contributed by atoms with E-state index < -0.39 is 17.2 Å². The van der Waals surface area contributed by atoms with Crippen LogP contribution in [-0.4, -0.2) is 10.8 Å². The topological polar surface area (TPSA) is 30.0 Å². The van der Waals surface area contributed by atoms with Crippen LogP contribution in [0, 0.1) is 5.41 Å². The number of benzene rings is 1. The zero-order chi connectivity index (χ0) is 16.8. The van der Waals surface area contributed by atoms with Crippen molar-refractivity contribution in [2.24, 2.45) is 5.41 Å². The van der Waals surface area contributed by atoms with E-state index in [1.54, 1.807) is 18.2 Å². The lowest BCUT2D eigenvalue weighted by Crippen LogP contribution is -2.31. The van der Waals surface area contributed by atoms with Crippen LogP contribution in [-0.2, 0) is 12.6 Å². The number of alkyl halides is 3. The highest BCUT2D eigenvalue weighted by molar-refractivity contribution is 6.02. The van der Waals surface area contributed by atoms with E-state index in [4.69, 9.17) is 0 Å². The van der Waals surface area contributed by atoms with Crippen molar-refractivity contribution in [1.82, 2.24) is 4.98 Å². The molecule has 5 heteroatoms. The third-order valence-corrected chi connectivity index (χ3v) is 4.31. The van der Waals surface area contributed by atoms with Crippen LogP contribution in [0.4, 0.5) is 13.2 Å². The van der Waals surface area contributed by atoms with E-state index in [0.29, 0.717) is 35.4 Å².